The van der Waals surface area contributed by atoms with Crippen LogP contribution in [-0.2, 0) is 19.9 Å². The van der Waals surface area contributed by atoms with Crippen LogP contribution in [0.25, 0.3) is 0 Å². The number of aryl methyl sites for hydroxylation is 1. The Kier molecular flexibility index (Phi) is 4.42. The predicted octanol–water partition coefficient (Wildman–Crippen LogP) is 0.934. The van der Waals surface area contributed by atoms with E-state index < -0.39 is 25.5 Å². The van der Waals surface area contributed by atoms with Gasteiger partial charge in [0.15, 0.2) is 9.84 Å². The van der Waals surface area contributed by atoms with Crippen LogP contribution in [0.2, 0.25) is 0 Å². The van der Waals surface area contributed by atoms with Gasteiger partial charge in [-0.2, -0.15) is 4.31 Å². The first-order valence-electron chi connectivity index (χ1n) is 6.95. The highest BCUT2D eigenvalue weighted by Gasteiger charge is 2.38. The van der Waals surface area contributed by atoms with Crippen LogP contribution in [0.4, 0.5) is 0 Å². The number of sulfone groups is 1. The lowest BCUT2D eigenvalue weighted by Crippen LogP contribution is -2.48. The topological polar surface area (TPSA) is 91.8 Å². The summed E-state index contributed by atoms with van der Waals surface area (Å²) in [7, 11) is -5.94. The van der Waals surface area contributed by atoms with Gasteiger partial charge in [0, 0.05) is 19.8 Å². The molecule has 2 rings (SSSR count). The molecule has 0 aliphatic heterocycles. The molecule has 1 fully saturated rings. The highest BCUT2D eigenvalue weighted by molar-refractivity contribution is 7.91. The zero-order valence-electron chi connectivity index (χ0n) is 12.9. The Balaban J connectivity index is 2.40. The Labute approximate surface area is 131 Å². The quantitative estimate of drug-likeness (QED) is 0.856. The molecule has 0 bridgehead atoms. The van der Waals surface area contributed by atoms with E-state index in [0.717, 1.165) is 17.0 Å². The van der Waals surface area contributed by atoms with Gasteiger partial charge in [-0.25, -0.2) is 16.8 Å². The zero-order valence-corrected chi connectivity index (χ0v) is 14.5. The highest BCUT2D eigenvalue weighted by Crippen LogP contribution is 2.33. The van der Waals surface area contributed by atoms with Crippen molar-refractivity contribution in [2.75, 3.05) is 19.8 Å². The van der Waals surface area contributed by atoms with Crippen LogP contribution in [0.3, 0.4) is 0 Å². The van der Waals surface area contributed by atoms with Crippen molar-refractivity contribution in [1.29, 1.82) is 0 Å². The van der Waals surface area contributed by atoms with E-state index in [9.17, 15) is 21.9 Å². The molecule has 8 heteroatoms. The number of likely N-dealkylation sites (N-methyl/N-ethyl adjacent to an activating group) is 1. The Morgan fingerprint density at radius 1 is 1.23 bits per heavy atom. The van der Waals surface area contributed by atoms with Crippen LogP contribution in [0.1, 0.15) is 24.8 Å². The first-order chi connectivity index (χ1) is 9.96. The molecule has 124 valence electrons. The summed E-state index contributed by atoms with van der Waals surface area (Å²) in [5, 5.41) is 10.1. The van der Waals surface area contributed by atoms with Crippen LogP contribution in [0.15, 0.2) is 28.0 Å². The average molecular weight is 347 g/mol. The summed E-state index contributed by atoms with van der Waals surface area (Å²) in [6.07, 6.45) is 3.08. The molecule has 0 aromatic heterocycles. The van der Waals surface area contributed by atoms with Gasteiger partial charge in [-0.05, 0) is 43.9 Å². The van der Waals surface area contributed by atoms with Crippen LogP contribution in [0.5, 0.6) is 0 Å². The molecule has 6 nitrogen and oxygen atoms in total. The molecule has 1 N–H and O–H groups in total. The fourth-order valence-corrected chi connectivity index (χ4v) is 4.72. The molecule has 1 aliphatic carbocycles. The van der Waals surface area contributed by atoms with Gasteiger partial charge in [-0.1, -0.05) is 6.07 Å². The number of sulfonamides is 1. The van der Waals surface area contributed by atoms with E-state index in [1.807, 2.05) is 0 Å². The van der Waals surface area contributed by atoms with E-state index in [1.165, 1.54) is 25.2 Å². The van der Waals surface area contributed by atoms with E-state index in [1.54, 1.807) is 6.92 Å². The monoisotopic (exact) mass is 347 g/mol. The number of hydrogen-bond donors (Lipinski definition) is 1. The summed E-state index contributed by atoms with van der Waals surface area (Å²) < 4.78 is 49.7. The highest BCUT2D eigenvalue weighted by atomic mass is 32.2. The molecular weight excluding hydrogens is 326 g/mol. The SMILES string of the molecule is Cc1ccc(S(C)(=O)=O)cc1S(=O)(=O)N(C)CC1(O)CCC1. The van der Waals surface area contributed by atoms with E-state index in [4.69, 9.17) is 0 Å². The Morgan fingerprint density at radius 2 is 1.82 bits per heavy atom. The molecule has 1 aromatic rings. The molecule has 1 saturated carbocycles. The molecule has 22 heavy (non-hydrogen) atoms. The van der Waals surface area contributed by atoms with Crippen molar-refractivity contribution in [3.8, 4) is 0 Å². The van der Waals surface area contributed by atoms with Crippen molar-refractivity contribution in [1.82, 2.24) is 4.31 Å². The van der Waals surface area contributed by atoms with Gasteiger partial charge in [-0.15, -0.1) is 0 Å². The largest absolute Gasteiger partial charge is 0.389 e. The lowest BCUT2D eigenvalue weighted by atomic mass is 9.80. The van der Waals surface area contributed by atoms with E-state index in [2.05, 4.69) is 0 Å². The average Bonchev–Trinajstić information content (AvgIpc) is 2.35. The minimum absolute atomic E-state index is 0.0118. The number of nitrogens with zero attached hydrogens (tertiary/aromatic N) is 1. The molecule has 0 radical (unpaired) electrons. The van der Waals surface area contributed by atoms with Crippen LogP contribution >= 0.6 is 0 Å². The molecule has 0 amide bonds. The molecule has 1 aliphatic rings. The third-order valence-electron chi connectivity index (χ3n) is 4.08. The molecule has 0 saturated heterocycles. The lowest BCUT2D eigenvalue weighted by Gasteiger charge is -2.39. The van der Waals surface area contributed by atoms with Crippen LogP contribution in [0, 0.1) is 6.92 Å². The van der Waals surface area contributed by atoms with Gasteiger partial charge < -0.3 is 5.11 Å². The van der Waals surface area contributed by atoms with Gasteiger partial charge in [0.2, 0.25) is 10.0 Å². The maximum Gasteiger partial charge on any atom is 0.243 e. The van der Waals surface area contributed by atoms with Crippen molar-refractivity contribution >= 4 is 19.9 Å². The third-order valence-corrected chi connectivity index (χ3v) is 7.13. The van der Waals surface area contributed by atoms with E-state index in [0.29, 0.717) is 18.4 Å². The first-order valence-corrected chi connectivity index (χ1v) is 10.3. The van der Waals surface area contributed by atoms with Crippen molar-refractivity contribution in [3.05, 3.63) is 23.8 Å². The maximum atomic E-state index is 12.7. The van der Waals surface area contributed by atoms with Gasteiger partial charge in [0.1, 0.15) is 0 Å². The van der Waals surface area contributed by atoms with E-state index in [-0.39, 0.29) is 16.3 Å². The summed E-state index contributed by atoms with van der Waals surface area (Å²) in [5.41, 5.74) is -0.496. The molecular formula is C14H21NO5S2. The second-order valence-electron chi connectivity index (χ2n) is 6.04. The van der Waals surface area contributed by atoms with Crippen LogP contribution < -0.4 is 0 Å². The number of hydrogen-bond acceptors (Lipinski definition) is 5. The zero-order chi connectivity index (χ0) is 16.8. The molecule has 1 aromatic carbocycles. The van der Waals surface area contributed by atoms with Crippen molar-refractivity contribution in [3.63, 3.8) is 0 Å². The Hall–Kier alpha value is -0.960. The predicted molar refractivity (Wildman–Crippen MR) is 82.9 cm³/mol. The second-order valence-corrected chi connectivity index (χ2v) is 10.1. The normalized spacial score (nSPS) is 18.2. The first kappa shape index (κ1) is 17.4. The Bertz CT molecular complexity index is 779. The molecule has 0 heterocycles. The van der Waals surface area contributed by atoms with Crippen molar-refractivity contribution in [2.24, 2.45) is 0 Å². The lowest BCUT2D eigenvalue weighted by molar-refractivity contribution is -0.0424. The minimum atomic E-state index is -3.85. The van der Waals surface area contributed by atoms with Gasteiger partial charge in [0.05, 0.1) is 15.4 Å². The fourth-order valence-electron chi connectivity index (χ4n) is 2.50. The van der Waals surface area contributed by atoms with Crippen molar-refractivity contribution < 1.29 is 21.9 Å². The summed E-state index contributed by atoms with van der Waals surface area (Å²) in [5.74, 6) is 0. The maximum absolute atomic E-state index is 12.7. The summed E-state index contributed by atoms with van der Waals surface area (Å²) in [6.45, 7) is 1.63. The third kappa shape index (κ3) is 3.34. The fraction of sp³-hybridized carbons (Fsp3) is 0.571. The summed E-state index contributed by atoms with van der Waals surface area (Å²) in [4.78, 5) is -0.0757. The van der Waals surface area contributed by atoms with E-state index >= 15 is 0 Å². The standard InChI is InChI=1S/C14H21NO5S2/c1-11-5-6-12(21(3,17)18)9-13(11)22(19,20)15(2)10-14(16)7-4-8-14/h5-6,9,16H,4,7-8,10H2,1-3H3. The van der Waals surface area contributed by atoms with Crippen molar-refractivity contribution in [2.45, 2.75) is 41.6 Å². The summed E-state index contributed by atoms with van der Waals surface area (Å²) >= 11 is 0. The molecule has 0 atom stereocenters. The minimum Gasteiger partial charge on any atom is -0.389 e. The smallest absolute Gasteiger partial charge is 0.243 e. The molecule has 0 unspecified atom stereocenters. The Morgan fingerprint density at radius 3 is 2.27 bits per heavy atom. The number of aliphatic hydroxyl groups is 1. The van der Waals surface area contributed by atoms with Gasteiger partial charge >= 0.3 is 0 Å². The number of rotatable bonds is 5. The summed E-state index contributed by atoms with van der Waals surface area (Å²) in [6, 6.07) is 4.06. The second kappa shape index (κ2) is 5.59. The van der Waals surface area contributed by atoms with Gasteiger partial charge in [0.25, 0.3) is 0 Å². The number of benzene rings is 1. The molecule has 0 spiro atoms. The van der Waals surface area contributed by atoms with Crippen LogP contribution in [-0.4, -0.2) is 51.7 Å². The van der Waals surface area contributed by atoms with Gasteiger partial charge in [-0.3, -0.25) is 0 Å².